The summed E-state index contributed by atoms with van der Waals surface area (Å²) in [7, 11) is -3.29. The van der Waals surface area contributed by atoms with Crippen molar-refractivity contribution >= 4 is 10.2 Å². The highest BCUT2D eigenvalue weighted by Gasteiger charge is 2.32. The lowest BCUT2D eigenvalue weighted by Crippen LogP contribution is -2.47. The van der Waals surface area contributed by atoms with Gasteiger partial charge < -0.3 is 5.11 Å². The lowest BCUT2D eigenvalue weighted by Gasteiger charge is -2.35. The zero-order valence-corrected chi connectivity index (χ0v) is 11.8. The summed E-state index contributed by atoms with van der Waals surface area (Å²) in [6.45, 7) is 7.54. The fourth-order valence-corrected chi connectivity index (χ4v) is 3.95. The van der Waals surface area contributed by atoms with Crippen LogP contribution in [0.4, 0.5) is 0 Å². The topological polar surface area (TPSA) is 60.9 Å². The average molecular weight is 264 g/mol. The van der Waals surface area contributed by atoms with Crippen LogP contribution in [0.2, 0.25) is 0 Å². The van der Waals surface area contributed by atoms with Crippen molar-refractivity contribution in [3.8, 4) is 0 Å². The van der Waals surface area contributed by atoms with Crippen molar-refractivity contribution in [3.63, 3.8) is 0 Å². The molecule has 0 aromatic heterocycles. The molecule has 6 heteroatoms. The Hall–Kier alpha value is -0.170. The van der Waals surface area contributed by atoms with Gasteiger partial charge in [0.1, 0.15) is 0 Å². The number of hydrogen-bond acceptors (Lipinski definition) is 3. The molecule has 1 atom stereocenters. The molecule has 5 nitrogen and oxygen atoms in total. The first kappa shape index (κ1) is 14.9. The van der Waals surface area contributed by atoms with Crippen molar-refractivity contribution in [3.05, 3.63) is 0 Å². The summed E-state index contributed by atoms with van der Waals surface area (Å²) in [5.41, 5.74) is 0. The van der Waals surface area contributed by atoms with E-state index in [1.807, 2.05) is 13.8 Å². The van der Waals surface area contributed by atoms with Gasteiger partial charge in [-0.3, -0.25) is 0 Å². The van der Waals surface area contributed by atoms with Crippen LogP contribution in [0, 0.1) is 5.92 Å². The first-order valence-corrected chi connectivity index (χ1v) is 7.76. The SMILES string of the molecule is CCN(CC)S(=O)(=O)N1CCC(C(C)O)CC1. The third-order valence-corrected chi connectivity index (χ3v) is 5.73. The Morgan fingerprint density at radius 1 is 1.29 bits per heavy atom. The summed E-state index contributed by atoms with van der Waals surface area (Å²) in [5, 5.41) is 9.49. The first-order valence-electron chi connectivity index (χ1n) is 6.36. The Bertz CT molecular complexity index is 318. The van der Waals surface area contributed by atoms with Gasteiger partial charge in [-0.15, -0.1) is 0 Å². The van der Waals surface area contributed by atoms with E-state index in [4.69, 9.17) is 0 Å². The van der Waals surface area contributed by atoms with E-state index in [-0.39, 0.29) is 12.0 Å². The molecule has 1 saturated heterocycles. The second-order valence-corrected chi connectivity index (χ2v) is 6.50. The van der Waals surface area contributed by atoms with E-state index in [2.05, 4.69) is 0 Å². The largest absolute Gasteiger partial charge is 0.393 e. The van der Waals surface area contributed by atoms with Crippen LogP contribution in [0.3, 0.4) is 0 Å². The van der Waals surface area contributed by atoms with Gasteiger partial charge in [-0.25, -0.2) is 0 Å². The van der Waals surface area contributed by atoms with Crippen LogP contribution in [-0.2, 0) is 10.2 Å². The van der Waals surface area contributed by atoms with Crippen LogP contribution >= 0.6 is 0 Å². The maximum Gasteiger partial charge on any atom is 0.281 e. The van der Waals surface area contributed by atoms with Crippen LogP contribution in [0.5, 0.6) is 0 Å². The second-order valence-electron chi connectivity index (χ2n) is 4.57. The number of hydrogen-bond donors (Lipinski definition) is 1. The molecular formula is C11H24N2O3S. The minimum Gasteiger partial charge on any atom is -0.393 e. The van der Waals surface area contributed by atoms with Gasteiger partial charge in [0, 0.05) is 26.2 Å². The van der Waals surface area contributed by atoms with Crippen molar-refractivity contribution in [2.45, 2.75) is 39.7 Å². The molecule has 1 aliphatic rings. The Morgan fingerprint density at radius 3 is 2.12 bits per heavy atom. The molecule has 0 saturated carbocycles. The van der Waals surface area contributed by atoms with Gasteiger partial charge in [-0.1, -0.05) is 13.8 Å². The monoisotopic (exact) mass is 264 g/mol. The van der Waals surface area contributed by atoms with E-state index in [0.29, 0.717) is 26.2 Å². The van der Waals surface area contributed by atoms with Crippen molar-refractivity contribution in [1.29, 1.82) is 0 Å². The van der Waals surface area contributed by atoms with Gasteiger partial charge in [0.05, 0.1) is 6.10 Å². The van der Waals surface area contributed by atoms with Crippen molar-refractivity contribution in [2.75, 3.05) is 26.2 Å². The summed E-state index contributed by atoms with van der Waals surface area (Å²) in [5.74, 6) is 0.234. The summed E-state index contributed by atoms with van der Waals surface area (Å²) in [6, 6.07) is 0. The Balaban J connectivity index is 2.64. The number of piperidine rings is 1. The smallest absolute Gasteiger partial charge is 0.281 e. The van der Waals surface area contributed by atoms with Gasteiger partial charge in [0.25, 0.3) is 10.2 Å². The second kappa shape index (κ2) is 6.13. The number of nitrogens with zero attached hydrogens (tertiary/aromatic N) is 2. The molecule has 0 aromatic rings. The molecule has 1 heterocycles. The highest BCUT2D eigenvalue weighted by Crippen LogP contribution is 2.23. The number of rotatable bonds is 5. The molecule has 1 fully saturated rings. The van der Waals surface area contributed by atoms with Crippen molar-refractivity contribution < 1.29 is 13.5 Å². The summed E-state index contributed by atoms with van der Waals surface area (Å²) >= 11 is 0. The molecule has 102 valence electrons. The van der Waals surface area contributed by atoms with E-state index in [1.165, 1.54) is 4.31 Å². The molecule has 0 radical (unpaired) electrons. The van der Waals surface area contributed by atoms with E-state index in [9.17, 15) is 13.5 Å². The first-order chi connectivity index (χ1) is 7.93. The van der Waals surface area contributed by atoms with Crippen LogP contribution < -0.4 is 0 Å². The molecular weight excluding hydrogens is 240 g/mol. The highest BCUT2D eigenvalue weighted by molar-refractivity contribution is 7.86. The van der Waals surface area contributed by atoms with E-state index >= 15 is 0 Å². The average Bonchev–Trinajstić information content (AvgIpc) is 2.30. The fraction of sp³-hybridized carbons (Fsp3) is 1.00. The van der Waals surface area contributed by atoms with Crippen LogP contribution in [0.1, 0.15) is 33.6 Å². The zero-order valence-electron chi connectivity index (χ0n) is 11.0. The Morgan fingerprint density at radius 2 is 1.76 bits per heavy atom. The molecule has 17 heavy (non-hydrogen) atoms. The molecule has 0 amide bonds. The zero-order chi connectivity index (χ0) is 13.1. The van der Waals surface area contributed by atoms with Crippen LogP contribution in [0.15, 0.2) is 0 Å². The lowest BCUT2D eigenvalue weighted by molar-refractivity contribution is 0.0898. The lowest BCUT2D eigenvalue weighted by atomic mass is 9.93. The van der Waals surface area contributed by atoms with Gasteiger partial charge in [-0.05, 0) is 25.7 Å². The third-order valence-electron chi connectivity index (χ3n) is 3.54. The molecule has 1 N–H and O–H groups in total. The van der Waals surface area contributed by atoms with E-state index in [1.54, 1.807) is 11.2 Å². The normalized spacial score (nSPS) is 21.9. The van der Waals surface area contributed by atoms with Gasteiger partial charge in [0.2, 0.25) is 0 Å². The Labute approximate surface area is 105 Å². The quantitative estimate of drug-likeness (QED) is 0.794. The molecule has 1 aliphatic heterocycles. The highest BCUT2D eigenvalue weighted by atomic mass is 32.2. The van der Waals surface area contributed by atoms with Crippen molar-refractivity contribution in [1.82, 2.24) is 8.61 Å². The van der Waals surface area contributed by atoms with Gasteiger partial charge >= 0.3 is 0 Å². The number of aliphatic hydroxyl groups excluding tert-OH is 1. The van der Waals surface area contributed by atoms with Gasteiger partial charge in [0.15, 0.2) is 0 Å². The Kier molecular flexibility index (Phi) is 5.37. The molecule has 1 unspecified atom stereocenters. The molecule has 0 aromatic carbocycles. The number of aliphatic hydroxyl groups is 1. The minimum absolute atomic E-state index is 0.234. The van der Waals surface area contributed by atoms with E-state index < -0.39 is 10.2 Å². The standard InChI is InChI=1S/C11H24N2O3S/c1-4-12(5-2)17(15,16)13-8-6-11(7-9-13)10(3)14/h10-11,14H,4-9H2,1-3H3. The maximum absolute atomic E-state index is 12.2. The van der Waals surface area contributed by atoms with Crippen LogP contribution in [0.25, 0.3) is 0 Å². The molecule has 1 rings (SSSR count). The predicted octanol–water partition coefficient (Wildman–Crippen LogP) is 0.666. The predicted molar refractivity (Wildman–Crippen MR) is 67.8 cm³/mol. The minimum atomic E-state index is -3.29. The summed E-state index contributed by atoms with van der Waals surface area (Å²) in [4.78, 5) is 0. The molecule has 0 bridgehead atoms. The molecule has 0 spiro atoms. The fourth-order valence-electron chi connectivity index (χ4n) is 2.30. The van der Waals surface area contributed by atoms with E-state index in [0.717, 1.165) is 12.8 Å². The third kappa shape index (κ3) is 3.40. The maximum atomic E-state index is 12.2. The van der Waals surface area contributed by atoms with Crippen LogP contribution in [-0.4, -0.2) is 54.4 Å². The summed E-state index contributed by atoms with van der Waals surface area (Å²) in [6.07, 6.45) is 1.16. The van der Waals surface area contributed by atoms with Gasteiger partial charge in [-0.2, -0.15) is 17.0 Å². The summed E-state index contributed by atoms with van der Waals surface area (Å²) < 4.78 is 27.4. The van der Waals surface area contributed by atoms with Crippen molar-refractivity contribution in [2.24, 2.45) is 5.92 Å². The molecule has 0 aliphatic carbocycles.